The predicted molar refractivity (Wildman–Crippen MR) is 75.1 cm³/mol. The van der Waals surface area contributed by atoms with Crippen molar-refractivity contribution in [2.45, 2.75) is 12.8 Å². The van der Waals surface area contributed by atoms with E-state index >= 15 is 0 Å². The van der Waals surface area contributed by atoms with Crippen LogP contribution in [0.5, 0.6) is 0 Å². The van der Waals surface area contributed by atoms with E-state index in [1.807, 2.05) is 30.3 Å². The van der Waals surface area contributed by atoms with Crippen molar-refractivity contribution in [3.05, 3.63) is 48.0 Å². The lowest BCUT2D eigenvalue weighted by Gasteiger charge is -2.14. The van der Waals surface area contributed by atoms with Crippen LogP contribution in [0.15, 0.2) is 42.4 Å². The predicted octanol–water partition coefficient (Wildman–Crippen LogP) is 2.67. The summed E-state index contributed by atoms with van der Waals surface area (Å²) < 4.78 is 22.3. The smallest absolute Gasteiger partial charge is 0.417 e. The third kappa shape index (κ3) is 6.56. The minimum absolute atomic E-state index is 0.299. The first-order chi connectivity index (χ1) is 10.0. The summed E-state index contributed by atoms with van der Waals surface area (Å²) in [4.78, 5) is 23.3. The number of carbonyl (C=O) groups is 2. The number of hydrogen-bond donors (Lipinski definition) is 0. The molecule has 0 unspecified atom stereocenters. The lowest BCUT2D eigenvalue weighted by Crippen LogP contribution is -2.32. The molecule has 0 N–H and O–H groups in total. The number of esters is 1. The van der Waals surface area contributed by atoms with Crippen LogP contribution in [-0.2, 0) is 20.7 Å². The van der Waals surface area contributed by atoms with E-state index in [4.69, 9.17) is 0 Å². The Kier molecular flexibility index (Phi) is 6.94. The van der Waals surface area contributed by atoms with Gasteiger partial charge in [-0.1, -0.05) is 30.3 Å². The molecular weight excluding hydrogens is 277 g/mol. The number of hydrogen-bond acceptors (Lipinski definition) is 4. The van der Waals surface area contributed by atoms with Crippen LogP contribution in [0.3, 0.4) is 0 Å². The summed E-state index contributed by atoms with van der Waals surface area (Å²) in [7, 11) is 2.52. The maximum absolute atomic E-state index is 13.4. The zero-order valence-electron chi connectivity index (χ0n) is 12.0. The average Bonchev–Trinajstić information content (AvgIpc) is 2.48. The Morgan fingerprint density at radius 3 is 2.57 bits per heavy atom. The standard InChI is InChI=1S/C15H18FNO4/c1-17(11-14(18)20-2)15(19)21-13(16)10-6-9-12-7-4-3-5-8-12/h3-5,7-8,10H,6,9,11H2,1-2H3/b13-10+. The van der Waals surface area contributed by atoms with Gasteiger partial charge >= 0.3 is 12.1 Å². The summed E-state index contributed by atoms with van der Waals surface area (Å²) in [5.41, 5.74) is 1.07. The molecule has 0 radical (unpaired) electrons. The summed E-state index contributed by atoms with van der Waals surface area (Å²) in [6.45, 7) is -0.299. The fourth-order valence-electron chi connectivity index (χ4n) is 1.52. The van der Waals surface area contributed by atoms with E-state index in [2.05, 4.69) is 9.47 Å². The van der Waals surface area contributed by atoms with E-state index in [0.717, 1.165) is 10.5 Å². The first-order valence-electron chi connectivity index (χ1n) is 6.42. The zero-order valence-corrected chi connectivity index (χ0v) is 12.0. The van der Waals surface area contributed by atoms with E-state index in [9.17, 15) is 14.0 Å². The van der Waals surface area contributed by atoms with Crippen LogP contribution in [0.2, 0.25) is 0 Å². The van der Waals surface area contributed by atoms with Gasteiger partial charge < -0.3 is 9.47 Å². The minimum Gasteiger partial charge on any atom is -0.468 e. The van der Waals surface area contributed by atoms with Crippen molar-refractivity contribution in [3.8, 4) is 0 Å². The number of likely N-dealkylation sites (N-methyl/N-ethyl adjacent to an activating group) is 1. The molecule has 114 valence electrons. The van der Waals surface area contributed by atoms with E-state index < -0.39 is 18.1 Å². The summed E-state index contributed by atoms with van der Waals surface area (Å²) in [6, 6.07) is 8.59. The molecule has 1 aromatic rings. The Bertz CT molecular complexity index is 502. The van der Waals surface area contributed by atoms with E-state index in [1.54, 1.807) is 0 Å². The molecule has 6 heteroatoms. The van der Waals surface area contributed by atoms with Crippen LogP contribution in [0.25, 0.3) is 0 Å². The molecule has 0 aliphatic carbocycles. The number of nitrogens with zero attached hydrogens (tertiary/aromatic N) is 1. The molecule has 0 saturated heterocycles. The second-order valence-corrected chi connectivity index (χ2v) is 4.33. The second-order valence-electron chi connectivity index (χ2n) is 4.33. The normalized spacial score (nSPS) is 10.9. The summed E-state index contributed by atoms with van der Waals surface area (Å²) in [5.74, 6) is -0.608. The van der Waals surface area contributed by atoms with Crippen molar-refractivity contribution >= 4 is 12.1 Å². The average molecular weight is 295 g/mol. The van der Waals surface area contributed by atoms with Crippen LogP contribution in [0.4, 0.5) is 9.18 Å². The van der Waals surface area contributed by atoms with Gasteiger partial charge in [0, 0.05) is 7.05 Å². The topological polar surface area (TPSA) is 55.8 Å². The Morgan fingerprint density at radius 2 is 1.95 bits per heavy atom. The lowest BCUT2D eigenvalue weighted by atomic mass is 10.1. The fourth-order valence-corrected chi connectivity index (χ4v) is 1.52. The van der Waals surface area contributed by atoms with Gasteiger partial charge in [-0.25, -0.2) is 4.79 Å². The molecule has 0 bridgehead atoms. The van der Waals surface area contributed by atoms with Crippen molar-refractivity contribution in [1.29, 1.82) is 0 Å². The van der Waals surface area contributed by atoms with Crippen LogP contribution >= 0.6 is 0 Å². The number of halogens is 1. The van der Waals surface area contributed by atoms with Gasteiger partial charge in [0.2, 0.25) is 0 Å². The highest BCUT2D eigenvalue weighted by Crippen LogP contribution is 2.08. The monoisotopic (exact) mass is 295 g/mol. The highest BCUT2D eigenvalue weighted by atomic mass is 19.1. The van der Waals surface area contributed by atoms with E-state index in [0.29, 0.717) is 12.8 Å². The first-order valence-corrected chi connectivity index (χ1v) is 6.42. The molecule has 0 spiro atoms. The molecule has 0 saturated carbocycles. The van der Waals surface area contributed by atoms with Gasteiger partial charge in [-0.05, 0) is 24.5 Å². The van der Waals surface area contributed by atoms with E-state index in [1.165, 1.54) is 20.2 Å². The number of carbonyl (C=O) groups excluding carboxylic acids is 2. The molecule has 21 heavy (non-hydrogen) atoms. The van der Waals surface area contributed by atoms with Gasteiger partial charge in [0.1, 0.15) is 6.54 Å². The van der Waals surface area contributed by atoms with E-state index in [-0.39, 0.29) is 6.54 Å². The Hall–Kier alpha value is -2.37. The van der Waals surface area contributed by atoms with Crippen molar-refractivity contribution in [1.82, 2.24) is 4.90 Å². The maximum atomic E-state index is 13.4. The number of allylic oxidation sites excluding steroid dienone is 1. The SMILES string of the molecule is COC(=O)CN(C)C(=O)O/C(F)=C/CCc1ccccc1. The van der Waals surface area contributed by atoms with Crippen molar-refractivity contribution < 1.29 is 23.5 Å². The molecule has 0 heterocycles. The van der Waals surface area contributed by atoms with Crippen molar-refractivity contribution in [3.63, 3.8) is 0 Å². The maximum Gasteiger partial charge on any atom is 0.417 e. The number of ether oxygens (including phenoxy) is 2. The lowest BCUT2D eigenvalue weighted by molar-refractivity contribution is -0.141. The summed E-state index contributed by atoms with van der Waals surface area (Å²) in [5, 5.41) is 0. The second kappa shape index (κ2) is 8.73. The number of rotatable bonds is 6. The highest BCUT2D eigenvalue weighted by Gasteiger charge is 2.16. The molecule has 0 aliphatic rings. The minimum atomic E-state index is -0.979. The molecule has 0 fully saturated rings. The quantitative estimate of drug-likeness (QED) is 0.598. The number of aryl methyl sites for hydroxylation is 1. The molecule has 0 aromatic heterocycles. The van der Waals surface area contributed by atoms with Gasteiger partial charge in [0.15, 0.2) is 0 Å². The highest BCUT2D eigenvalue weighted by molar-refractivity contribution is 5.78. The molecule has 0 aliphatic heterocycles. The van der Waals surface area contributed by atoms with Gasteiger partial charge in [-0.3, -0.25) is 9.69 Å². The van der Waals surface area contributed by atoms with Crippen LogP contribution < -0.4 is 0 Å². The molecule has 5 nitrogen and oxygen atoms in total. The first kappa shape index (κ1) is 16.7. The molecular formula is C15H18FNO4. The van der Waals surface area contributed by atoms with Gasteiger partial charge in [0.25, 0.3) is 6.01 Å². The van der Waals surface area contributed by atoms with Gasteiger partial charge in [0.05, 0.1) is 7.11 Å². The Morgan fingerprint density at radius 1 is 1.29 bits per heavy atom. The fraction of sp³-hybridized carbons (Fsp3) is 0.333. The molecule has 1 rings (SSSR count). The van der Waals surface area contributed by atoms with Gasteiger partial charge in [-0.2, -0.15) is 4.39 Å². The van der Waals surface area contributed by atoms with Crippen LogP contribution in [0.1, 0.15) is 12.0 Å². The zero-order chi connectivity index (χ0) is 15.7. The van der Waals surface area contributed by atoms with Crippen molar-refractivity contribution in [2.75, 3.05) is 20.7 Å². The molecule has 0 atom stereocenters. The third-order valence-electron chi connectivity index (χ3n) is 2.67. The number of methoxy groups -OCH3 is 1. The summed E-state index contributed by atoms with van der Waals surface area (Å²) in [6.07, 6.45) is 1.29. The largest absolute Gasteiger partial charge is 0.468 e. The number of amides is 1. The van der Waals surface area contributed by atoms with Crippen molar-refractivity contribution in [2.24, 2.45) is 0 Å². The number of benzene rings is 1. The third-order valence-corrected chi connectivity index (χ3v) is 2.67. The Labute approximate surface area is 123 Å². The van der Waals surface area contributed by atoms with Crippen LogP contribution in [-0.4, -0.2) is 37.7 Å². The van der Waals surface area contributed by atoms with Gasteiger partial charge in [-0.15, -0.1) is 0 Å². The summed E-state index contributed by atoms with van der Waals surface area (Å²) >= 11 is 0. The molecule has 1 amide bonds. The Balaban J connectivity index is 2.37. The van der Waals surface area contributed by atoms with Crippen LogP contribution in [0, 0.1) is 0 Å². The molecule has 1 aromatic carbocycles.